The summed E-state index contributed by atoms with van der Waals surface area (Å²) in [6.07, 6.45) is 10.2. The fourth-order valence-electron chi connectivity index (χ4n) is 6.85. The second kappa shape index (κ2) is 4.57. The predicted molar refractivity (Wildman–Crippen MR) is 82.7 cm³/mol. The highest BCUT2D eigenvalue weighted by Crippen LogP contribution is 2.61. The zero-order valence-electron chi connectivity index (χ0n) is 13.6. The first-order chi connectivity index (χ1) is 9.91. The lowest BCUT2D eigenvalue weighted by Crippen LogP contribution is -2.50. The Balaban J connectivity index is 1.57. The summed E-state index contributed by atoms with van der Waals surface area (Å²) in [4.78, 5) is 12.3. The van der Waals surface area contributed by atoms with Crippen LogP contribution in [-0.2, 0) is 4.79 Å². The van der Waals surface area contributed by atoms with Crippen molar-refractivity contribution >= 4 is 5.78 Å². The highest BCUT2D eigenvalue weighted by molar-refractivity contribution is 5.87. The van der Waals surface area contributed by atoms with Gasteiger partial charge in [0, 0.05) is 11.8 Å². The van der Waals surface area contributed by atoms with E-state index < -0.39 is 5.60 Å². The zero-order valence-corrected chi connectivity index (χ0v) is 13.6. The fraction of sp³-hybridized carbons (Fsp3) is 0.947. The summed E-state index contributed by atoms with van der Waals surface area (Å²) in [5, 5.41) is 10.4. The van der Waals surface area contributed by atoms with E-state index in [4.69, 9.17) is 0 Å². The lowest BCUT2D eigenvalue weighted by molar-refractivity contribution is -0.134. The van der Waals surface area contributed by atoms with Crippen molar-refractivity contribution < 1.29 is 9.90 Å². The lowest BCUT2D eigenvalue weighted by atomic mass is 9.50. The summed E-state index contributed by atoms with van der Waals surface area (Å²) < 4.78 is 0. The monoisotopic (exact) mass is 290 g/mol. The van der Waals surface area contributed by atoms with Crippen molar-refractivity contribution in [3.05, 3.63) is 0 Å². The SMILES string of the molecule is CC1(O)CC[C@H]2C(CC[C@@H]3[C@@H]2CC[C@]2(C)C(=O)CC[C@@H]32)C1. The topological polar surface area (TPSA) is 37.3 Å². The molecule has 0 spiro atoms. The number of rotatable bonds is 0. The Morgan fingerprint density at radius 3 is 2.52 bits per heavy atom. The molecule has 0 bridgehead atoms. The zero-order chi connectivity index (χ0) is 14.8. The van der Waals surface area contributed by atoms with Crippen LogP contribution in [0.15, 0.2) is 0 Å². The number of ketones is 1. The number of aliphatic hydroxyl groups is 1. The van der Waals surface area contributed by atoms with Crippen LogP contribution in [0, 0.1) is 35.0 Å². The predicted octanol–water partition coefficient (Wildman–Crippen LogP) is 3.96. The molecule has 1 N–H and O–H groups in total. The van der Waals surface area contributed by atoms with Gasteiger partial charge in [0.2, 0.25) is 0 Å². The molecule has 0 amide bonds. The average molecular weight is 290 g/mol. The van der Waals surface area contributed by atoms with Gasteiger partial charge in [0.25, 0.3) is 0 Å². The number of carbonyl (C=O) groups is 1. The van der Waals surface area contributed by atoms with Gasteiger partial charge in [-0.15, -0.1) is 0 Å². The van der Waals surface area contributed by atoms with Gasteiger partial charge in [-0.2, -0.15) is 0 Å². The third-order valence-electron chi connectivity index (χ3n) is 7.95. The molecule has 4 rings (SSSR count). The van der Waals surface area contributed by atoms with E-state index in [1.807, 2.05) is 6.92 Å². The van der Waals surface area contributed by atoms with Gasteiger partial charge in [-0.25, -0.2) is 0 Å². The van der Waals surface area contributed by atoms with E-state index in [-0.39, 0.29) is 5.41 Å². The minimum Gasteiger partial charge on any atom is -0.390 e. The summed E-state index contributed by atoms with van der Waals surface area (Å²) in [6, 6.07) is 0. The molecule has 0 radical (unpaired) electrons. The van der Waals surface area contributed by atoms with E-state index in [1.165, 1.54) is 25.7 Å². The molecule has 0 aliphatic heterocycles. The Kier molecular flexibility index (Phi) is 3.10. The fourth-order valence-corrected chi connectivity index (χ4v) is 6.85. The summed E-state index contributed by atoms with van der Waals surface area (Å²) in [6.45, 7) is 4.30. The highest BCUT2D eigenvalue weighted by atomic mass is 16.3. The molecular weight excluding hydrogens is 260 g/mol. The van der Waals surface area contributed by atoms with Gasteiger partial charge in [-0.05, 0) is 87.9 Å². The second-order valence-electron chi connectivity index (χ2n) is 9.09. The minimum absolute atomic E-state index is 0.0220. The summed E-state index contributed by atoms with van der Waals surface area (Å²) in [5.41, 5.74) is -0.394. The Hall–Kier alpha value is -0.370. The molecule has 0 aromatic carbocycles. The molecule has 0 aromatic rings. The van der Waals surface area contributed by atoms with Crippen molar-refractivity contribution in [2.24, 2.45) is 35.0 Å². The third kappa shape index (κ3) is 2.04. The molecule has 2 heteroatoms. The van der Waals surface area contributed by atoms with Gasteiger partial charge in [0.1, 0.15) is 5.78 Å². The molecule has 21 heavy (non-hydrogen) atoms. The number of hydrogen-bond donors (Lipinski definition) is 1. The molecule has 4 aliphatic rings. The third-order valence-corrected chi connectivity index (χ3v) is 7.95. The van der Waals surface area contributed by atoms with Crippen LogP contribution in [0.4, 0.5) is 0 Å². The van der Waals surface area contributed by atoms with Crippen LogP contribution in [-0.4, -0.2) is 16.5 Å². The van der Waals surface area contributed by atoms with Gasteiger partial charge < -0.3 is 5.11 Å². The van der Waals surface area contributed by atoms with Crippen molar-refractivity contribution in [1.29, 1.82) is 0 Å². The van der Waals surface area contributed by atoms with E-state index >= 15 is 0 Å². The lowest BCUT2D eigenvalue weighted by Gasteiger charge is -2.55. The Morgan fingerprint density at radius 1 is 0.952 bits per heavy atom. The molecule has 0 heterocycles. The maximum Gasteiger partial charge on any atom is 0.139 e. The Labute approximate surface area is 128 Å². The van der Waals surface area contributed by atoms with Crippen molar-refractivity contribution in [2.45, 2.75) is 77.2 Å². The van der Waals surface area contributed by atoms with E-state index in [9.17, 15) is 9.90 Å². The minimum atomic E-state index is -0.416. The first-order valence-corrected chi connectivity index (χ1v) is 9.16. The molecular formula is C19H30O2. The molecule has 0 saturated heterocycles. The smallest absolute Gasteiger partial charge is 0.139 e. The van der Waals surface area contributed by atoms with E-state index in [1.54, 1.807) is 0 Å². The molecule has 2 nitrogen and oxygen atoms in total. The van der Waals surface area contributed by atoms with Crippen LogP contribution in [0.2, 0.25) is 0 Å². The standard InChI is InChI=1S/C19H30O2/c1-18(21)9-7-13-12(11-18)3-4-15-14(13)8-10-19(2)16(15)5-6-17(19)20/h12-16,21H,3-11H2,1-2H3/t12?,13-,14+,15+,16-,18?,19-/m0/s1. The first-order valence-electron chi connectivity index (χ1n) is 9.16. The molecule has 4 saturated carbocycles. The Bertz CT molecular complexity index is 454. The number of Topliss-reactive ketones (excluding diaryl/α,β-unsaturated/α-hetero) is 1. The van der Waals surface area contributed by atoms with Crippen LogP contribution in [0.1, 0.15) is 71.6 Å². The van der Waals surface area contributed by atoms with E-state index in [2.05, 4.69) is 6.92 Å². The average Bonchev–Trinajstić information content (AvgIpc) is 2.73. The molecule has 4 fully saturated rings. The quantitative estimate of drug-likeness (QED) is 0.733. The van der Waals surface area contributed by atoms with Crippen LogP contribution < -0.4 is 0 Å². The first kappa shape index (κ1) is 14.2. The van der Waals surface area contributed by atoms with Crippen LogP contribution in [0.25, 0.3) is 0 Å². The van der Waals surface area contributed by atoms with E-state index in [0.717, 1.165) is 55.8 Å². The molecule has 0 aromatic heterocycles. The number of hydrogen-bond acceptors (Lipinski definition) is 2. The van der Waals surface area contributed by atoms with Gasteiger partial charge in [-0.3, -0.25) is 4.79 Å². The van der Waals surface area contributed by atoms with Crippen molar-refractivity contribution in [3.8, 4) is 0 Å². The molecule has 118 valence electrons. The van der Waals surface area contributed by atoms with Crippen LogP contribution >= 0.6 is 0 Å². The highest BCUT2D eigenvalue weighted by Gasteiger charge is 2.57. The normalized spacial score (nSPS) is 56.5. The largest absolute Gasteiger partial charge is 0.390 e. The molecule has 7 atom stereocenters. The Morgan fingerprint density at radius 2 is 1.71 bits per heavy atom. The summed E-state index contributed by atoms with van der Waals surface area (Å²) in [5.74, 6) is 4.47. The summed E-state index contributed by atoms with van der Waals surface area (Å²) >= 11 is 0. The molecule has 4 aliphatic carbocycles. The van der Waals surface area contributed by atoms with Crippen LogP contribution in [0.3, 0.4) is 0 Å². The van der Waals surface area contributed by atoms with Gasteiger partial charge >= 0.3 is 0 Å². The van der Waals surface area contributed by atoms with Crippen molar-refractivity contribution in [2.75, 3.05) is 0 Å². The van der Waals surface area contributed by atoms with Crippen molar-refractivity contribution in [1.82, 2.24) is 0 Å². The molecule has 2 unspecified atom stereocenters. The second-order valence-corrected chi connectivity index (χ2v) is 9.09. The maximum absolute atomic E-state index is 12.3. The van der Waals surface area contributed by atoms with Gasteiger partial charge in [0.15, 0.2) is 0 Å². The van der Waals surface area contributed by atoms with Crippen LogP contribution in [0.5, 0.6) is 0 Å². The van der Waals surface area contributed by atoms with Gasteiger partial charge in [0.05, 0.1) is 5.60 Å². The number of carbonyl (C=O) groups excluding carboxylic acids is 1. The van der Waals surface area contributed by atoms with E-state index in [0.29, 0.717) is 11.7 Å². The van der Waals surface area contributed by atoms with Gasteiger partial charge in [-0.1, -0.05) is 6.92 Å². The maximum atomic E-state index is 12.3. The van der Waals surface area contributed by atoms with Crippen molar-refractivity contribution in [3.63, 3.8) is 0 Å². The summed E-state index contributed by atoms with van der Waals surface area (Å²) in [7, 11) is 0. The number of fused-ring (bicyclic) bond motifs is 5.